The van der Waals surface area contributed by atoms with Gasteiger partial charge in [0.25, 0.3) is 0 Å². The highest BCUT2D eigenvalue weighted by Gasteiger charge is 2.41. The average molecular weight is 275 g/mol. The minimum absolute atomic E-state index is 0.0244. The Morgan fingerprint density at radius 3 is 2.61 bits per heavy atom. The van der Waals surface area contributed by atoms with Crippen molar-refractivity contribution < 1.29 is 13.2 Å². The summed E-state index contributed by atoms with van der Waals surface area (Å²) >= 11 is 0. The maximum Gasteiger partial charge on any atom is 0.231 e. The lowest BCUT2D eigenvalue weighted by molar-refractivity contribution is -0.119. The third-order valence-electron chi connectivity index (χ3n) is 3.72. The topological polar surface area (TPSA) is 83.7 Å². The van der Waals surface area contributed by atoms with Crippen LogP contribution in [0.5, 0.6) is 0 Å². The van der Waals surface area contributed by atoms with Crippen LogP contribution in [0.4, 0.5) is 0 Å². The zero-order valence-electron chi connectivity index (χ0n) is 10.7. The SMILES string of the molecule is CN(C1CCCN(CC(N)=O)C1)S(=O)(=O)C1CC1. The number of hydrogen-bond acceptors (Lipinski definition) is 4. The van der Waals surface area contributed by atoms with Crippen LogP contribution >= 0.6 is 0 Å². The van der Waals surface area contributed by atoms with Gasteiger partial charge in [0.2, 0.25) is 15.9 Å². The number of amides is 1. The van der Waals surface area contributed by atoms with Crippen LogP contribution in [0.3, 0.4) is 0 Å². The van der Waals surface area contributed by atoms with E-state index >= 15 is 0 Å². The Labute approximate surface area is 108 Å². The second-order valence-electron chi connectivity index (χ2n) is 5.26. The number of likely N-dealkylation sites (tertiary alicyclic amines) is 1. The van der Waals surface area contributed by atoms with Crippen LogP contribution in [0.15, 0.2) is 0 Å². The van der Waals surface area contributed by atoms with E-state index in [2.05, 4.69) is 0 Å². The molecule has 104 valence electrons. The molecule has 0 spiro atoms. The van der Waals surface area contributed by atoms with E-state index < -0.39 is 10.0 Å². The zero-order chi connectivity index (χ0) is 13.3. The molecule has 18 heavy (non-hydrogen) atoms. The largest absolute Gasteiger partial charge is 0.369 e. The molecule has 1 saturated heterocycles. The maximum atomic E-state index is 12.1. The normalized spacial score (nSPS) is 26.4. The molecule has 1 saturated carbocycles. The van der Waals surface area contributed by atoms with Gasteiger partial charge in [0.05, 0.1) is 11.8 Å². The molecule has 2 rings (SSSR count). The Kier molecular flexibility index (Phi) is 3.93. The van der Waals surface area contributed by atoms with Gasteiger partial charge in [-0.15, -0.1) is 0 Å². The molecule has 1 atom stereocenters. The monoisotopic (exact) mass is 275 g/mol. The Bertz CT molecular complexity index is 419. The summed E-state index contributed by atoms with van der Waals surface area (Å²) in [4.78, 5) is 12.8. The van der Waals surface area contributed by atoms with E-state index in [0.717, 1.165) is 32.2 Å². The molecule has 0 aromatic heterocycles. The first-order valence-corrected chi connectivity index (χ1v) is 7.89. The van der Waals surface area contributed by atoms with Crippen LogP contribution in [0, 0.1) is 0 Å². The smallest absolute Gasteiger partial charge is 0.231 e. The van der Waals surface area contributed by atoms with Crippen molar-refractivity contribution in [3.63, 3.8) is 0 Å². The van der Waals surface area contributed by atoms with E-state index in [1.54, 1.807) is 7.05 Å². The number of nitrogens with zero attached hydrogens (tertiary/aromatic N) is 2. The van der Waals surface area contributed by atoms with E-state index in [9.17, 15) is 13.2 Å². The molecule has 0 radical (unpaired) electrons. The number of hydrogen-bond donors (Lipinski definition) is 1. The Balaban J connectivity index is 1.97. The summed E-state index contributed by atoms with van der Waals surface area (Å²) in [5, 5.41) is -0.172. The summed E-state index contributed by atoms with van der Waals surface area (Å²) in [6, 6.07) is -0.0244. The summed E-state index contributed by atoms with van der Waals surface area (Å²) in [6.45, 7) is 1.63. The van der Waals surface area contributed by atoms with E-state index in [0.29, 0.717) is 6.54 Å². The Morgan fingerprint density at radius 2 is 2.06 bits per heavy atom. The number of carbonyl (C=O) groups excluding carboxylic acids is 1. The highest BCUT2D eigenvalue weighted by Crippen LogP contribution is 2.32. The Hall–Kier alpha value is -0.660. The lowest BCUT2D eigenvalue weighted by Crippen LogP contribution is -2.50. The third kappa shape index (κ3) is 3.02. The van der Waals surface area contributed by atoms with Gasteiger partial charge < -0.3 is 5.73 Å². The Morgan fingerprint density at radius 1 is 1.39 bits per heavy atom. The fraction of sp³-hybridized carbons (Fsp3) is 0.909. The summed E-state index contributed by atoms with van der Waals surface area (Å²) in [6.07, 6.45) is 3.33. The highest BCUT2D eigenvalue weighted by atomic mass is 32.2. The van der Waals surface area contributed by atoms with Crippen molar-refractivity contribution in [2.75, 3.05) is 26.7 Å². The first kappa shape index (κ1) is 13.8. The first-order chi connectivity index (χ1) is 8.41. The van der Waals surface area contributed by atoms with Crippen LogP contribution < -0.4 is 5.73 Å². The predicted octanol–water partition coefficient (Wildman–Crippen LogP) is -0.640. The van der Waals surface area contributed by atoms with Gasteiger partial charge in [0.1, 0.15) is 0 Å². The van der Waals surface area contributed by atoms with Crippen molar-refractivity contribution in [3.05, 3.63) is 0 Å². The second kappa shape index (κ2) is 5.14. The van der Waals surface area contributed by atoms with Crippen LogP contribution in [0.25, 0.3) is 0 Å². The van der Waals surface area contributed by atoms with Crippen molar-refractivity contribution >= 4 is 15.9 Å². The van der Waals surface area contributed by atoms with Gasteiger partial charge in [-0.2, -0.15) is 0 Å². The van der Waals surface area contributed by atoms with Gasteiger partial charge in [-0.1, -0.05) is 0 Å². The summed E-state index contributed by atoms with van der Waals surface area (Å²) < 4.78 is 25.8. The number of likely N-dealkylation sites (N-methyl/N-ethyl adjacent to an activating group) is 1. The molecule has 0 bridgehead atoms. The summed E-state index contributed by atoms with van der Waals surface area (Å²) in [5.41, 5.74) is 5.18. The second-order valence-corrected chi connectivity index (χ2v) is 7.53. The maximum absolute atomic E-state index is 12.1. The number of rotatable bonds is 5. The molecule has 2 N–H and O–H groups in total. The van der Waals surface area contributed by atoms with Crippen molar-refractivity contribution in [2.45, 2.75) is 37.0 Å². The number of primary amides is 1. The van der Waals surface area contributed by atoms with Gasteiger partial charge in [-0.05, 0) is 32.2 Å². The summed E-state index contributed by atoms with van der Waals surface area (Å²) in [7, 11) is -1.47. The van der Waals surface area contributed by atoms with Crippen molar-refractivity contribution in [1.82, 2.24) is 9.21 Å². The van der Waals surface area contributed by atoms with Gasteiger partial charge in [-0.25, -0.2) is 12.7 Å². The molecule has 1 amide bonds. The third-order valence-corrected chi connectivity index (χ3v) is 6.14. The van der Waals surface area contributed by atoms with Crippen LogP contribution in [0.2, 0.25) is 0 Å². The molecule has 7 heteroatoms. The predicted molar refractivity (Wildman–Crippen MR) is 68.4 cm³/mol. The molecule has 2 fully saturated rings. The molecule has 1 aliphatic heterocycles. The molecule has 0 aromatic rings. The number of piperidine rings is 1. The van der Waals surface area contributed by atoms with Crippen LogP contribution in [-0.4, -0.2) is 61.5 Å². The van der Waals surface area contributed by atoms with Crippen LogP contribution in [-0.2, 0) is 14.8 Å². The molecule has 0 aromatic carbocycles. The standard InChI is InChI=1S/C11H21N3O3S/c1-13(18(16,17)10-4-5-10)9-3-2-6-14(7-9)8-11(12)15/h9-10H,2-8H2,1H3,(H2,12,15). The highest BCUT2D eigenvalue weighted by molar-refractivity contribution is 7.90. The van der Waals surface area contributed by atoms with Crippen molar-refractivity contribution in [1.29, 1.82) is 0 Å². The molecule has 2 aliphatic rings. The number of nitrogens with two attached hydrogens (primary N) is 1. The van der Waals surface area contributed by atoms with Gasteiger partial charge in [0.15, 0.2) is 0 Å². The number of carbonyl (C=O) groups is 1. The minimum atomic E-state index is -3.13. The number of sulfonamides is 1. The molecule has 1 aliphatic carbocycles. The molecule has 1 unspecified atom stereocenters. The van der Waals surface area contributed by atoms with Crippen molar-refractivity contribution in [2.24, 2.45) is 5.73 Å². The van der Waals surface area contributed by atoms with Gasteiger partial charge in [0, 0.05) is 19.6 Å². The van der Waals surface area contributed by atoms with Crippen LogP contribution in [0.1, 0.15) is 25.7 Å². The lowest BCUT2D eigenvalue weighted by atomic mass is 10.1. The lowest BCUT2D eigenvalue weighted by Gasteiger charge is -2.36. The zero-order valence-corrected chi connectivity index (χ0v) is 11.5. The van der Waals surface area contributed by atoms with Gasteiger partial charge >= 0.3 is 0 Å². The molecular formula is C11H21N3O3S. The van der Waals surface area contributed by atoms with Gasteiger partial charge in [-0.3, -0.25) is 9.69 Å². The quantitative estimate of drug-likeness (QED) is 0.723. The van der Waals surface area contributed by atoms with E-state index in [1.807, 2.05) is 4.90 Å². The van der Waals surface area contributed by atoms with E-state index in [4.69, 9.17) is 5.73 Å². The fourth-order valence-corrected chi connectivity index (χ4v) is 4.29. The van der Waals surface area contributed by atoms with E-state index in [-0.39, 0.29) is 23.7 Å². The molecular weight excluding hydrogens is 254 g/mol. The van der Waals surface area contributed by atoms with Crippen molar-refractivity contribution in [3.8, 4) is 0 Å². The first-order valence-electron chi connectivity index (χ1n) is 6.39. The fourth-order valence-electron chi connectivity index (χ4n) is 2.50. The molecule has 1 heterocycles. The average Bonchev–Trinajstić information content (AvgIpc) is 3.11. The van der Waals surface area contributed by atoms with E-state index in [1.165, 1.54) is 4.31 Å². The summed E-state index contributed by atoms with van der Waals surface area (Å²) in [5.74, 6) is -0.358. The molecule has 6 nitrogen and oxygen atoms in total. The minimum Gasteiger partial charge on any atom is -0.369 e.